The molecule has 2 nitrogen and oxygen atoms in total. The number of aryl methyl sites for hydroxylation is 1. The van der Waals surface area contributed by atoms with Gasteiger partial charge in [-0.15, -0.1) is 0 Å². The van der Waals surface area contributed by atoms with E-state index in [1.165, 1.54) is 18.4 Å². The fourth-order valence-electron chi connectivity index (χ4n) is 1.19. The van der Waals surface area contributed by atoms with E-state index in [0.717, 1.165) is 18.0 Å². The summed E-state index contributed by atoms with van der Waals surface area (Å²) >= 11 is 0. The van der Waals surface area contributed by atoms with Crippen molar-refractivity contribution in [3.05, 3.63) is 23.8 Å². The molecule has 0 N–H and O–H groups in total. The molecule has 1 radical (unpaired) electrons. The van der Waals surface area contributed by atoms with Gasteiger partial charge in [0.05, 0.1) is 6.20 Å². The maximum atomic E-state index is 4.12. The molecular formula is C9H11N2. The maximum Gasteiger partial charge on any atom is 0.116 e. The molecule has 1 aromatic rings. The highest BCUT2D eigenvalue weighted by atomic mass is 14.8. The molecule has 2 rings (SSSR count). The van der Waals surface area contributed by atoms with E-state index in [0.29, 0.717) is 0 Å². The van der Waals surface area contributed by atoms with E-state index in [2.05, 4.69) is 16.2 Å². The van der Waals surface area contributed by atoms with E-state index in [1.54, 1.807) is 6.33 Å². The molecule has 1 aliphatic rings. The highest BCUT2D eigenvalue weighted by Gasteiger charge is 2.22. The minimum atomic E-state index is 0.899. The standard InChI is InChI=1S/C9H11N2/c1-7-9(4-8-2-3-8)5-10-6-11-7/h6,8H,2-4H2,1H3. The van der Waals surface area contributed by atoms with Crippen LogP contribution in [0.15, 0.2) is 6.33 Å². The molecule has 1 heterocycles. The molecule has 0 atom stereocenters. The van der Waals surface area contributed by atoms with Crippen molar-refractivity contribution in [1.29, 1.82) is 0 Å². The van der Waals surface area contributed by atoms with Crippen molar-refractivity contribution in [1.82, 2.24) is 9.97 Å². The second-order valence-corrected chi connectivity index (χ2v) is 3.20. The fourth-order valence-corrected chi connectivity index (χ4v) is 1.19. The van der Waals surface area contributed by atoms with Gasteiger partial charge in [0.15, 0.2) is 0 Å². The largest absolute Gasteiger partial charge is 0.241 e. The molecule has 0 aromatic carbocycles. The highest BCUT2D eigenvalue weighted by molar-refractivity contribution is 5.14. The smallest absolute Gasteiger partial charge is 0.116 e. The average Bonchev–Trinajstić information content (AvgIpc) is 2.78. The lowest BCUT2D eigenvalue weighted by molar-refractivity contribution is 0.807. The summed E-state index contributed by atoms with van der Waals surface area (Å²) in [5, 5.41) is 0. The van der Waals surface area contributed by atoms with Crippen LogP contribution >= 0.6 is 0 Å². The van der Waals surface area contributed by atoms with Crippen molar-refractivity contribution in [2.45, 2.75) is 26.2 Å². The molecule has 0 bridgehead atoms. The molecule has 1 aliphatic carbocycles. The number of hydrogen-bond acceptors (Lipinski definition) is 2. The van der Waals surface area contributed by atoms with E-state index in [1.807, 2.05) is 6.92 Å². The summed E-state index contributed by atoms with van der Waals surface area (Å²) in [7, 11) is 0. The van der Waals surface area contributed by atoms with Gasteiger partial charge < -0.3 is 0 Å². The maximum absolute atomic E-state index is 4.12. The van der Waals surface area contributed by atoms with Crippen LogP contribution in [-0.2, 0) is 6.42 Å². The minimum Gasteiger partial charge on any atom is -0.241 e. The third-order valence-electron chi connectivity index (χ3n) is 2.14. The first-order valence-corrected chi connectivity index (χ1v) is 4.04. The number of rotatable bonds is 2. The first-order chi connectivity index (χ1) is 5.36. The van der Waals surface area contributed by atoms with Crippen molar-refractivity contribution in [3.8, 4) is 0 Å². The van der Waals surface area contributed by atoms with Crippen LogP contribution in [0.5, 0.6) is 0 Å². The van der Waals surface area contributed by atoms with Crippen LogP contribution in [0.1, 0.15) is 24.1 Å². The van der Waals surface area contributed by atoms with Crippen molar-refractivity contribution in [2.75, 3.05) is 0 Å². The average molecular weight is 147 g/mol. The van der Waals surface area contributed by atoms with Crippen molar-refractivity contribution in [2.24, 2.45) is 5.92 Å². The zero-order valence-electron chi connectivity index (χ0n) is 6.67. The molecule has 0 amide bonds. The van der Waals surface area contributed by atoms with Gasteiger partial charge in [0.1, 0.15) is 6.33 Å². The Morgan fingerprint density at radius 2 is 2.45 bits per heavy atom. The molecule has 11 heavy (non-hydrogen) atoms. The lowest BCUT2D eigenvalue weighted by atomic mass is 10.1. The second kappa shape index (κ2) is 2.61. The van der Waals surface area contributed by atoms with E-state index in [-0.39, 0.29) is 0 Å². The number of nitrogens with zero attached hydrogens (tertiary/aromatic N) is 2. The lowest BCUT2D eigenvalue weighted by Gasteiger charge is -1.99. The Balaban J connectivity index is 2.15. The van der Waals surface area contributed by atoms with Crippen LogP contribution < -0.4 is 0 Å². The predicted octanol–water partition coefficient (Wildman–Crippen LogP) is 1.54. The van der Waals surface area contributed by atoms with E-state index in [4.69, 9.17) is 0 Å². The molecule has 0 saturated heterocycles. The molecule has 0 spiro atoms. The predicted molar refractivity (Wildman–Crippen MR) is 42.0 cm³/mol. The fraction of sp³-hybridized carbons (Fsp3) is 0.556. The van der Waals surface area contributed by atoms with Gasteiger partial charge in [-0.1, -0.05) is 0 Å². The van der Waals surface area contributed by atoms with Crippen LogP contribution in [0, 0.1) is 19.0 Å². The summed E-state index contributed by atoms with van der Waals surface area (Å²) in [6.45, 7) is 2.02. The topological polar surface area (TPSA) is 25.8 Å². The third-order valence-corrected chi connectivity index (χ3v) is 2.14. The van der Waals surface area contributed by atoms with E-state index >= 15 is 0 Å². The Morgan fingerprint density at radius 3 is 3.09 bits per heavy atom. The SMILES string of the molecule is Cc1ncn[c]c1CC1CC1. The normalized spacial score (nSPS) is 16.8. The molecule has 2 heteroatoms. The summed E-state index contributed by atoms with van der Waals surface area (Å²) in [6.07, 6.45) is 8.44. The van der Waals surface area contributed by atoms with Gasteiger partial charge in [-0.3, -0.25) is 0 Å². The van der Waals surface area contributed by atoms with Gasteiger partial charge in [-0.2, -0.15) is 0 Å². The van der Waals surface area contributed by atoms with Gasteiger partial charge in [0.2, 0.25) is 0 Å². The van der Waals surface area contributed by atoms with Gasteiger partial charge >= 0.3 is 0 Å². The van der Waals surface area contributed by atoms with Crippen molar-refractivity contribution >= 4 is 0 Å². The number of aromatic nitrogens is 2. The van der Waals surface area contributed by atoms with Crippen LogP contribution in [-0.4, -0.2) is 9.97 Å². The molecule has 0 aliphatic heterocycles. The summed E-state index contributed by atoms with van der Waals surface area (Å²) in [5.41, 5.74) is 2.29. The Labute approximate surface area is 66.7 Å². The zero-order valence-corrected chi connectivity index (χ0v) is 6.67. The first-order valence-electron chi connectivity index (χ1n) is 4.04. The Hall–Kier alpha value is -0.920. The quantitative estimate of drug-likeness (QED) is 0.634. The van der Waals surface area contributed by atoms with Gasteiger partial charge in [0, 0.05) is 11.3 Å². The Bertz CT molecular complexity index is 253. The Kier molecular flexibility index (Phi) is 1.60. The van der Waals surface area contributed by atoms with Gasteiger partial charge in [-0.05, 0) is 32.1 Å². The summed E-state index contributed by atoms with van der Waals surface area (Å²) < 4.78 is 0. The van der Waals surface area contributed by atoms with Gasteiger partial charge in [0.25, 0.3) is 0 Å². The lowest BCUT2D eigenvalue weighted by Crippen LogP contribution is -1.95. The third kappa shape index (κ3) is 1.56. The number of hydrogen-bond donors (Lipinski definition) is 0. The van der Waals surface area contributed by atoms with Crippen molar-refractivity contribution in [3.63, 3.8) is 0 Å². The summed E-state index contributed by atoms with van der Waals surface area (Å²) in [6, 6.07) is 0. The van der Waals surface area contributed by atoms with E-state index in [9.17, 15) is 0 Å². The summed E-state index contributed by atoms with van der Waals surface area (Å²) in [5.74, 6) is 0.899. The van der Waals surface area contributed by atoms with Crippen LogP contribution in [0.3, 0.4) is 0 Å². The van der Waals surface area contributed by atoms with Crippen molar-refractivity contribution < 1.29 is 0 Å². The monoisotopic (exact) mass is 147 g/mol. The van der Waals surface area contributed by atoms with Crippen LogP contribution in [0.4, 0.5) is 0 Å². The summed E-state index contributed by atoms with van der Waals surface area (Å²) in [4.78, 5) is 8.01. The molecule has 1 saturated carbocycles. The molecule has 1 fully saturated rings. The van der Waals surface area contributed by atoms with E-state index < -0.39 is 0 Å². The first kappa shape index (κ1) is 6.77. The van der Waals surface area contributed by atoms with Crippen LogP contribution in [0.25, 0.3) is 0 Å². The Morgan fingerprint density at radius 1 is 1.64 bits per heavy atom. The van der Waals surface area contributed by atoms with Gasteiger partial charge in [-0.25, -0.2) is 9.97 Å². The minimum absolute atomic E-state index is 0.899. The molecule has 57 valence electrons. The molecular weight excluding hydrogens is 136 g/mol. The molecule has 1 aromatic heterocycles. The molecule has 0 unspecified atom stereocenters. The zero-order chi connectivity index (χ0) is 7.68. The van der Waals surface area contributed by atoms with Crippen LogP contribution in [0.2, 0.25) is 0 Å². The second-order valence-electron chi connectivity index (χ2n) is 3.20. The highest BCUT2D eigenvalue weighted by Crippen LogP contribution is 2.32.